The SMILES string of the molecule is Cc1c(-c2csc(CCc3ccc(CO)c(CO)c3)c2)cccc1C(F)(F)C(O)(F)C(F)(F)F. The quantitative estimate of drug-likeness (QED) is 0.340. The highest BCUT2D eigenvalue weighted by molar-refractivity contribution is 7.10. The number of benzene rings is 2. The molecule has 1 unspecified atom stereocenters. The fourth-order valence-corrected chi connectivity index (χ4v) is 4.59. The van der Waals surface area contributed by atoms with Crippen molar-refractivity contribution in [3.05, 3.63) is 80.5 Å². The largest absolute Gasteiger partial charge is 0.455 e. The predicted molar refractivity (Wildman–Crippen MR) is 116 cm³/mol. The molecule has 0 aliphatic heterocycles. The Kier molecular flexibility index (Phi) is 7.47. The zero-order chi connectivity index (χ0) is 25.3. The Morgan fingerprint density at radius 3 is 2.15 bits per heavy atom. The molecule has 0 saturated heterocycles. The van der Waals surface area contributed by atoms with Crippen molar-refractivity contribution in [2.24, 2.45) is 0 Å². The van der Waals surface area contributed by atoms with Crippen molar-refractivity contribution in [1.29, 1.82) is 0 Å². The van der Waals surface area contributed by atoms with Gasteiger partial charge in [0.1, 0.15) is 0 Å². The van der Waals surface area contributed by atoms with E-state index >= 15 is 0 Å². The maximum atomic E-state index is 14.4. The lowest BCUT2D eigenvalue weighted by molar-refractivity contribution is -0.390. The minimum Gasteiger partial charge on any atom is -0.392 e. The number of alkyl halides is 6. The van der Waals surface area contributed by atoms with Gasteiger partial charge in [-0.25, -0.2) is 0 Å². The molecule has 0 bridgehead atoms. The minimum absolute atomic E-state index is 0.190. The smallest absolute Gasteiger partial charge is 0.392 e. The van der Waals surface area contributed by atoms with Crippen LogP contribution in [0, 0.1) is 6.92 Å². The Balaban J connectivity index is 1.85. The molecule has 34 heavy (non-hydrogen) atoms. The number of halogens is 6. The van der Waals surface area contributed by atoms with Crippen molar-refractivity contribution in [2.75, 3.05) is 0 Å². The van der Waals surface area contributed by atoms with E-state index in [2.05, 4.69) is 0 Å². The molecule has 3 aromatic rings. The van der Waals surface area contributed by atoms with E-state index in [1.165, 1.54) is 17.4 Å². The Morgan fingerprint density at radius 1 is 0.853 bits per heavy atom. The van der Waals surface area contributed by atoms with Crippen LogP contribution in [0.1, 0.15) is 32.7 Å². The van der Waals surface area contributed by atoms with Gasteiger partial charge in [-0.1, -0.05) is 36.4 Å². The predicted octanol–water partition coefficient (Wildman–Crippen LogP) is 5.81. The number of aliphatic hydroxyl groups excluding tert-OH is 2. The van der Waals surface area contributed by atoms with Gasteiger partial charge in [0.25, 0.3) is 0 Å². The van der Waals surface area contributed by atoms with E-state index in [0.717, 1.165) is 23.4 Å². The van der Waals surface area contributed by atoms with Crippen molar-refractivity contribution in [1.82, 2.24) is 0 Å². The molecule has 3 rings (SSSR count). The van der Waals surface area contributed by atoms with Gasteiger partial charge < -0.3 is 15.3 Å². The summed E-state index contributed by atoms with van der Waals surface area (Å²) in [5.41, 5.74) is 1.33. The summed E-state index contributed by atoms with van der Waals surface area (Å²) in [5, 5.41) is 29.4. The first kappa shape index (κ1) is 26.2. The number of aryl methyl sites for hydroxylation is 2. The molecule has 0 saturated carbocycles. The average Bonchev–Trinajstić information content (AvgIpc) is 3.25. The molecular formula is C24H22F6O3S. The van der Waals surface area contributed by atoms with Crippen molar-refractivity contribution in [3.8, 4) is 11.1 Å². The number of hydrogen-bond acceptors (Lipinski definition) is 4. The molecule has 0 radical (unpaired) electrons. The van der Waals surface area contributed by atoms with Crippen LogP contribution in [0.5, 0.6) is 0 Å². The van der Waals surface area contributed by atoms with Crippen LogP contribution in [-0.2, 0) is 32.0 Å². The molecule has 1 aromatic heterocycles. The van der Waals surface area contributed by atoms with E-state index in [1.54, 1.807) is 23.6 Å². The first-order valence-corrected chi connectivity index (χ1v) is 11.1. The molecule has 2 aromatic carbocycles. The summed E-state index contributed by atoms with van der Waals surface area (Å²) in [6.07, 6.45) is -5.02. The van der Waals surface area contributed by atoms with Crippen molar-refractivity contribution < 1.29 is 41.7 Å². The lowest BCUT2D eigenvalue weighted by Crippen LogP contribution is -2.53. The van der Waals surface area contributed by atoms with Crippen LogP contribution < -0.4 is 0 Å². The van der Waals surface area contributed by atoms with Gasteiger partial charge in [0.2, 0.25) is 0 Å². The fraction of sp³-hybridized carbons (Fsp3) is 0.333. The monoisotopic (exact) mass is 504 g/mol. The van der Waals surface area contributed by atoms with Crippen molar-refractivity contribution in [2.45, 2.75) is 50.9 Å². The van der Waals surface area contributed by atoms with E-state index in [1.807, 2.05) is 6.07 Å². The Bertz CT molecular complexity index is 1150. The Morgan fingerprint density at radius 2 is 1.53 bits per heavy atom. The van der Waals surface area contributed by atoms with Gasteiger partial charge in [-0.3, -0.25) is 0 Å². The first-order valence-electron chi connectivity index (χ1n) is 10.2. The molecule has 1 atom stereocenters. The minimum atomic E-state index is -6.18. The standard InChI is InChI=1S/C24H22F6O3S/c1-14-20(3-2-4-21(14)22(25,26)23(27,33)24(28,29)30)18-10-19(34-13-18)8-6-15-5-7-16(11-31)17(9-15)12-32/h2-5,7,9-10,13,31-33H,6,8,11-12H2,1H3. The van der Waals surface area contributed by atoms with Gasteiger partial charge in [0.05, 0.1) is 13.2 Å². The van der Waals surface area contributed by atoms with Crippen LogP contribution in [-0.4, -0.2) is 27.4 Å². The lowest BCUT2D eigenvalue weighted by atomic mass is 9.91. The van der Waals surface area contributed by atoms with Gasteiger partial charge in [0.15, 0.2) is 0 Å². The highest BCUT2D eigenvalue weighted by Gasteiger charge is 2.71. The lowest BCUT2D eigenvalue weighted by Gasteiger charge is -2.31. The van der Waals surface area contributed by atoms with Crippen LogP contribution >= 0.6 is 11.3 Å². The van der Waals surface area contributed by atoms with Crippen LogP contribution in [0.3, 0.4) is 0 Å². The number of aliphatic hydroxyl groups is 3. The van der Waals surface area contributed by atoms with E-state index in [9.17, 15) is 36.6 Å². The zero-order valence-electron chi connectivity index (χ0n) is 18.0. The van der Waals surface area contributed by atoms with E-state index in [-0.39, 0.29) is 24.3 Å². The third-order valence-electron chi connectivity index (χ3n) is 5.70. The van der Waals surface area contributed by atoms with Crippen LogP contribution in [0.25, 0.3) is 11.1 Å². The molecule has 0 fully saturated rings. The van der Waals surface area contributed by atoms with Crippen molar-refractivity contribution in [3.63, 3.8) is 0 Å². The second kappa shape index (κ2) is 9.69. The molecule has 0 spiro atoms. The molecule has 10 heteroatoms. The summed E-state index contributed by atoms with van der Waals surface area (Å²) < 4.78 is 81.0. The fourth-order valence-electron chi connectivity index (χ4n) is 3.70. The Hall–Kier alpha value is -2.40. The van der Waals surface area contributed by atoms with E-state index < -0.39 is 23.5 Å². The Labute approximate surface area is 195 Å². The van der Waals surface area contributed by atoms with Gasteiger partial charge in [-0.15, -0.1) is 11.3 Å². The third-order valence-corrected chi connectivity index (χ3v) is 6.70. The summed E-state index contributed by atoms with van der Waals surface area (Å²) in [7, 11) is 0. The topological polar surface area (TPSA) is 60.7 Å². The normalized spacial score (nSPS) is 14.3. The maximum Gasteiger partial charge on any atom is 0.455 e. The van der Waals surface area contributed by atoms with E-state index in [0.29, 0.717) is 35.6 Å². The molecule has 184 valence electrons. The summed E-state index contributed by atoms with van der Waals surface area (Å²) >= 11 is 1.33. The first-order chi connectivity index (χ1) is 15.8. The molecule has 3 nitrogen and oxygen atoms in total. The second-order valence-corrected chi connectivity index (χ2v) is 8.89. The summed E-state index contributed by atoms with van der Waals surface area (Å²) in [6.45, 7) is 0.752. The van der Waals surface area contributed by atoms with Crippen LogP contribution in [0.2, 0.25) is 0 Å². The molecule has 0 amide bonds. The average molecular weight is 504 g/mol. The summed E-state index contributed by atoms with van der Waals surface area (Å²) in [6, 6.07) is 10.2. The molecule has 0 aliphatic carbocycles. The maximum absolute atomic E-state index is 14.4. The van der Waals surface area contributed by atoms with Gasteiger partial charge in [0, 0.05) is 10.4 Å². The third kappa shape index (κ3) is 4.86. The number of hydrogen-bond donors (Lipinski definition) is 3. The highest BCUT2D eigenvalue weighted by atomic mass is 32.1. The van der Waals surface area contributed by atoms with Gasteiger partial charge in [-0.05, 0) is 64.6 Å². The zero-order valence-corrected chi connectivity index (χ0v) is 18.8. The number of thiophene rings is 1. The van der Waals surface area contributed by atoms with E-state index in [4.69, 9.17) is 5.11 Å². The van der Waals surface area contributed by atoms with Crippen LogP contribution in [0.15, 0.2) is 47.8 Å². The summed E-state index contributed by atoms with van der Waals surface area (Å²) in [5.74, 6) is -10.9. The second-order valence-electron chi connectivity index (χ2n) is 7.89. The van der Waals surface area contributed by atoms with Crippen molar-refractivity contribution >= 4 is 11.3 Å². The van der Waals surface area contributed by atoms with Gasteiger partial charge in [-0.2, -0.15) is 26.3 Å². The molecule has 3 N–H and O–H groups in total. The molecule has 1 heterocycles. The molecular weight excluding hydrogens is 482 g/mol. The number of rotatable bonds is 8. The van der Waals surface area contributed by atoms with Crippen LogP contribution in [0.4, 0.5) is 26.3 Å². The summed E-state index contributed by atoms with van der Waals surface area (Å²) in [4.78, 5) is 0.876. The molecule has 0 aliphatic rings. The highest BCUT2D eigenvalue weighted by Crippen LogP contribution is 2.50. The van der Waals surface area contributed by atoms with Gasteiger partial charge >= 0.3 is 18.0 Å².